The first-order valence-corrected chi connectivity index (χ1v) is 9.11. The highest BCUT2D eigenvalue weighted by Crippen LogP contribution is 2.43. The first-order chi connectivity index (χ1) is 13.8. The minimum atomic E-state index is -0.429. The fourth-order valence-corrected chi connectivity index (χ4v) is 2.98. The molecule has 1 atom stereocenters. The molecule has 3 rings (SSSR count). The summed E-state index contributed by atoms with van der Waals surface area (Å²) in [6.45, 7) is 10.0. The van der Waals surface area contributed by atoms with Crippen molar-refractivity contribution in [2.24, 2.45) is 0 Å². The van der Waals surface area contributed by atoms with Gasteiger partial charge in [0.2, 0.25) is 12.0 Å². The van der Waals surface area contributed by atoms with Gasteiger partial charge in [0.25, 0.3) is 5.91 Å². The Hall–Kier alpha value is -3.42. The molecule has 154 valence electrons. The first-order valence-electron chi connectivity index (χ1n) is 9.11. The van der Waals surface area contributed by atoms with Gasteiger partial charge in [-0.2, -0.15) is 5.10 Å². The van der Waals surface area contributed by atoms with Crippen LogP contribution in [-0.2, 0) is 11.3 Å². The van der Waals surface area contributed by atoms with Crippen LogP contribution in [0.4, 0.5) is 5.69 Å². The van der Waals surface area contributed by atoms with Gasteiger partial charge < -0.3 is 24.3 Å². The van der Waals surface area contributed by atoms with Gasteiger partial charge in [-0.05, 0) is 31.6 Å². The molecule has 1 unspecified atom stereocenters. The van der Waals surface area contributed by atoms with Crippen molar-refractivity contribution in [3.05, 3.63) is 53.6 Å². The average Bonchev–Trinajstić information content (AvgIpc) is 3.29. The second-order valence-electron chi connectivity index (χ2n) is 6.71. The lowest BCUT2D eigenvalue weighted by molar-refractivity contribution is 0.0663. The Bertz CT molecular complexity index is 977. The number of carbonyl (C=O) groups is 1. The van der Waals surface area contributed by atoms with E-state index in [0.717, 1.165) is 16.9 Å². The van der Waals surface area contributed by atoms with Crippen LogP contribution in [0.1, 0.15) is 31.1 Å². The van der Waals surface area contributed by atoms with E-state index in [2.05, 4.69) is 17.0 Å². The fraction of sp³-hybridized carbons (Fsp3) is 0.333. The number of fused-ring (bicyclic) bond motifs is 1. The van der Waals surface area contributed by atoms with E-state index in [9.17, 15) is 4.79 Å². The van der Waals surface area contributed by atoms with E-state index in [1.807, 2.05) is 13.8 Å². The van der Waals surface area contributed by atoms with Crippen LogP contribution >= 0.6 is 0 Å². The monoisotopic (exact) mass is 399 g/mol. The number of hydrogen-bond acceptors (Lipinski definition) is 6. The molecule has 1 aromatic carbocycles. The number of nitrogens with zero attached hydrogens (tertiary/aromatic N) is 2. The molecule has 2 heterocycles. The molecule has 0 bridgehead atoms. The molecular weight excluding hydrogens is 374 g/mol. The Kier molecular flexibility index (Phi) is 5.81. The zero-order valence-corrected chi connectivity index (χ0v) is 17.2. The summed E-state index contributed by atoms with van der Waals surface area (Å²) in [7, 11) is 3.13. The van der Waals surface area contributed by atoms with Crippen molar-refractivity contribution in [3.63, 3.8) is 0 Å². The Morgan fingerprint density at radius 2 is 2.07 bits per heavy atom. The van der Waals surface area contributed by atoms with Crippen LogP contribution in [0.3, 0.4) is 0 Å². The molecule has 0 saturated heterocycles. The number of methoxy groups -OCH3 is 2. The van der Waals surface area contributed by atoms with Gasteiger partial charge in [0, 0.05) is 24.3 Å². The van der Waals surface area contributed by atoms with Crippen LogP contribution in [0.5, 0.6) is 17.2 Å². The number of aromatic nitrogens is 2. The largest absolute Gasteiger partial charge is 0.501 e. The normalized spacial score (nSPS) is 15.6. The molecule has 1 N–H and O–H groups in total. The van der Waals surface area contributed by atoms with Gasteiger partial charge in [-0.25, -0.2) is 0 Å². The number of anilines is 1. The van der Waals surface area contributed by atoms with Gasteiger partial charge >= 0.3 is 0 Å². The van der Waals surface area contributed by atoms with E-state index in [0.29, 0.717) is 35.0 Å². The number of benzene rings is 1. The lowest BCUT2D eigenvalue weighted by atomic mass is 10.1. The first kappa shape index (κ1) is 20.3. The molecule has 8 heteroatoms. The number of carbonyl (C=O) groups excluding carboxylic acids is 1. The number of hydrogen-bond donors (Lipinski definition) is 1. The SMILES string of the molecule is C=C(C)/C(Cn1cc(NC(=O)c2cc(OC)c3c(c2)OC(C)O3)cn1)=C(/C)OC. The Labute approximate surface area is 169 Å². The molecule has 1 aliphatic heterocycles. The highest BCUT2D eigenvalue weighted by atomic mass is 16.7. The molecule has 0 fully saturated rings. The van der Waals surface area contributed by atoms with E-state index in [-0.39, 0.29) is 5.91 Å². The van der Waals surface area contributed by atoms with Crippen molar-refractivity contribution in [1.29, 1.82) is 0 Å². The lowest BCUT2D eigenvalue weighted by Gasteiger charge is -2.11. The van der Waals surface area contributed by atoms with E-state index in [1.165, 1.54) is 7.11 Å². The maximum absolute atomic E-state index is 12.7. The minimum Gasteiger partial charge on any atom is -0.501 e. The summed E-state index contributed by atoms with van der Waals surface area (Å²) >= 11 is 0. The molecular formula is C21H25N3O5. The van der Waals surface area contributed by atoms with Crippen LogP contribution < -0.4 is 19.5 Å². The molecule has 1 aliphatic rings. The Morgan fingerprint density at radius 3 is 2.72 bits per heavy atom. The molecule has 1 aromatic heterocycles. The van der Waals surface area contributed by atoms with Gasteiger partial charge in [-0.1, -0.05) is 6.58 Å². The summed E-state index contributed by atoms with van der Waals surface area (Å²) in [5, 5.41) is 7.14. The van der Waals surface area contributed by atoms with Crippen LogP contribution in [0.15, 0.2) is 48.0 Å². The van der Waals surface area contributed by atoms with Gasteiger partial charge in [-0.3, -0.25) is 9.48 Å². The number of amides is 1. The quantitative estimate of drug-likeness (QED) is 0.564. The molecule has 0 spiro atoms. The predicted octanol–water partition coefficient (Wildman–Crippen LogP) is 3.76. The second-order valence-corrected chi connectivity index (χ2v) is 6.71. The number of nitrogens with one attached hydrogen (secondary N) is 1. The fourth-order valence-electron chi connectivity index (χ4n) is 2.98. The van der Waals surface area contributed by atoms with E-state index in [1.54, 1.807) is 43.2 Å². The molecule has 0 aliphatic carbocycles. The van der Waals surface area contributed by atoms with Crippen molar-refractivity contribution in [3.8, 4) is 17.2 Å². The van der Waals surface area contributed by atoms with Crippen LogP contribution in [0, 0.1) is 0 Å². The Morgan fingerprint density at radius 1 is 1.31 bits per heavy atom. The third kappa shape index (κ3) is 4.37. The lowest BCUT2D eigenvalue weighted by Crippen LogP contribution is -2.12. The summed E-state index contributed by atoms with van der Waals surface area (Å²) in [6, 6.07) is 3.24. The van der Waals surface area contributed by atoms with E-state index < -0.39 is 6.29 Å². The van der Waals surface area contributed by atoms with Crippen molar-refractivity contribution in [1.82, 2.24) is 9.78 Å². The van der Waals surface area contributed by atoms with Crippen molar-refractivity contribution in [2.45, 2.75) is 33.6 Å². The number of rotatable bonds is 7. The summed E-state index contributed by atoms with van der Waals surface area (Å²) in [6.07, 6.45) is 2.90. The summed E-state index contributed by atoms with van der Waals surface area (Å²) in [4.78, 5) is 12.7. The standard InChI is InChI=1S/C21H25N3O5/c1-12(2)17(13(3)26-5)11-24-10-16(9-22-24)23-21(25)15-7-18(27-6)20-19(8-15)28-14(4)29-20/h7-10,14H,1,11H2,2-6H3,(H,23,25)/b17-13-. The van der Waals surface area contributed by atoms with Gasteiger partial charge in [0.15, 0.2) is 11.5 Å². The van der Waals surface area contributed by atoms with Crippen LogP contribution in [-0.4, -0.2) is 36.2 Å². The smallest absolute Gasteiger partial charge is 0.256 e. The molecule has 8 nitrogen and oxygen atoms in total. The zero-order chi connectivity index (χ0) is 21.1. The molecule has 29 heavy (non-hydrogen) atoms. The average molecular weight is 399 g/mol. The van der Waals surface area contributed by atoms with Crippen LogP contribution in [0.2, 0.25) is 0 Å². The predicted molar refractivity (Wildman–Crippen MR) is 108 cm³/mol. The van der Waals surface area contributed by atoms with Crippen molar-refractivity contribution >= 4 is 11.6 Å². The maximum atomic E-state index is 12.7. The third-order valence-corrected chi connectivity index (χ3v) is 4.54. The van der Waals surface area contributed by atoms with Gasteiger partial charge in [-0.15, -0.1) is 0 Å². The Balaban J connectivity index is 1.76. The van der Waals surface area contributed by atoms with Crippen molar-refractivity contribution < 1.29 is 23.7 Å². The minimum absolute atomic E-state index is 0.308. The van der Waals surface area contributed by atoms with Crippen molar-refractivity contribution in [2.75, 3.05) is 19.5 Å². The van der Waals surface area contributed by atoms with E-state index >= 15 is 0 Å². The highest BCUT2D eigenvalue weighted by Gasteiger charge is 2.26. The zero-order valence-electron chi connectivity index (χ0n) is 17.2. The topological polar surface area (TPSA) is 83.8 Å². The maximum Gasteiger partial charge on any atom is 0.256 e. The van der Waals surface area contributed by atoms with E-state index in [4.69, 9.17) is 18.9 Å². The van der Waals surface area contributed by atoms with Gasteiger partial charge in [0.1, 0.15) is 0 Å². The summed E-state index contributed by atoms with van der Waals surface area (Å²) < 4.78 is 23.5. The summed E-state index contributed by atoms with van der Waals surface area (Å²) in [5.41, 5.74) is 2.80. The number of ether oxygens (including phenoxy) is 4. The summed E-state index contributed by atoms with van der Waals surface area (Å²) in [5.74, 6) is 1.89. The number of allylic oxidation sites excluding steroid dienone is 3. The molecule has 0 saturated carbocycles. The third-order valence-electron chi connectivity index (χ3n) is 4.54. The molecule has 0 radical (unpaired) electrons. The molecule has 1 amide bonds. The van der Waals surface area contributed by atoms with Gasteiger partial charge in [0.05, 0.1) is 38.4 Å². The van der Waals surface area contributed by atoms with Crippen LogP contribution in [0.25, 0.3) is 0 Å². The second kappa shape index (κ2) is 8.30. The molecule has 2 aromatic rings. The highest BCUT2D eigenvalue weighted by molar-refractivity contribution is 6.05.